The predicted octanol–water partition coefficient (Wildman–Crippen LogP) is 3.04. The Labute approximate surface area is 181 Å². The average Bonchev–Trinajstić information content (AvgIpc) is 2.75. The highest BCUT2D eigenvalue weighted by molar-refractivity contribution is 6.31. The van der Waals surface area contributed by atoms with Crippen LogP contribution in [-0.2, 0) is 11.2 Å². The summed E-state index contributed by atoms with van der Waals surface area (Å²) in [4.78, 5) is 0. The Kier molecular flexibility index (Phi) is 7.47. The lowest BCUT2D eigenvalue weighted by atomic mass is 9.90. The highest BCUT2D eigenvalue weighted by Gasteiger charge is 2.43. The summed E-state index contributed by atoms with van der Waals surface area (Å²) in [6.45, 7) is 5.28. The second kappa shape index (κ2) is 9.88. The lowest BCUT2D eigenvalue weighted by Gasteiger charge is -2.40. The Balaban J connectivity index is 1.83. The van der Waals surface area contributed by atoms with Crippen molar-refractivity contribution in [2.75, 3.05) is 6.61 Å². The van der Waals surface area contributed by atoms with Gasteiger partial charge in [-0.3, -0.25) is 0 Å². The van der Waals surface area contributed by atoms with Crippen molar-refractivity contribution in [2.45, 2.75) is 43.9 Å². The fraction of sp³-hybridized carbons (Fsp3) is 0.333. The molecule has 0 aliphatic carbocycles. The Hall–Kier alpha value is -1.99. The number of hydrogen-bond acceptors (Lipinski definition) is 5. The molecule has 1 aliphatic heterocycles. The van der Waals surface area contributed by atoms with Gasteiger partial charge in [-0.25, -0.2) is 0 Å². The van der Waals surface area contributed by atoms with Crippen LogP contribution in [-0.4, -0.2) is 51.4 Å². The summed E-state index contributed by atoms with van der Waals surface area (Å²) in [5.74, 6) is 0. The van der Waals surface area contributed by atoms with Gasteiger partial charge in [0.15, 0.2) is 0 Å². The molecule has 1 fully saturated rings. The van der Waals surface area contributed by atoms with E-state index in [4.69, 9.17) is 16.3 Å². The maximum absolute atomic E-state index is 10.4. The standard InChI is InChI=1S/C24H27ClO5/c1-3-4-14(2)16-7-5-15(6-8-16)11-18-12-17(9-10-19(18)25)24-23(29)22(28)21(27)20(13-26)30-24/h3-10,12,20-24,26-29H,1,11,13H2,2H3. The molecule has 0 saturated carbocycles. The fourth-order valence-electron chi connectivity index (χ4n) is 3.66. The van der Waals surface area contributed by atoms with Crippen molar-refractivity contribution >= 4 is 17.2 Å². The molecule has 6 heteroatoms. The maximum atomic E-state index is 10.4. The number of hydrogen-bond donors (Lipinski definition) is 4. The lowest BCUT2D eigenvalue weighted by molar-refractivity contribution is -0.231. The van der Waals surface area contributed by atoms with Crippen LogP contribution in [0.1, 0.15) is 35.3 Å². The van der Waals surface area contributed by atoms with Gasteiger partial charge in [0.2, 0.25) is 0 Å². The van der Waals surface area contributed by atoms with Crippen LogP contribution in [0.25, 0.3) is 5.57 Å². The van der Waals surface area contributed by atoms with E-state index in [0.29, 0.717) is 17.0 Å². The van der Waals surface area contributed by atoms with Crippen molar-refractivity contribution in [3.8, 4) is 0 Å². The zero-order valence-electron chi connectivity index (χ0n) is 16.8. The van der Waals surface area contributed by atoms with Gasteiger partial charge in [0.1, 0.15) is 30.5 Å². The van der Waals surface area contributed by atoms with Crippen LogP contribution in [0, 0.1) is 0 Å². The smallest absolute Gasteiger partial charge is 0.113 e. The van der Waals surface area contributed by atoms with Gasteiger partial charge in [-0.05, 0) is 47.2 Å². The fourth-order valence-corrected chi connectivity index (χ4v) is 3.85. The van der Waals surface area contributed by atoms with E-state index in [-0.39, 0.29) is 0 Å². The molecule has 0 aromatic heterocycles. The number of rotatable bonds is 6. The van der Waals surface area contributed by atoms with Crippen LogP contribution in [0.15, 0.2) is 61.2 Å². The molecule has 4 N–H and O–H groups in total. The molecule has 1 aliphatic rings. The first-order valence-electron chi connectivity index (χ1n) is 9.83. The highest BCUT2D eigenvalue weighted by Crippen LogP contribution is 2.34. The van der Waals surface area contributed by atoms with E-state index in [1.165, 1.54) is 0 Å². The third kappa shape index (κ3) is 4.83. The number of benzene rings is 2. The molecule has 2 aromatic carbocycles. The maximum Gasteiger partial charge on any atom is 0.113 e. The van der Waals surface area contributed by atoms with Crippen LogP contribution >= 0.6 is 11.6 Å². The van der Waals surface area contributed by atoms with Gasteiger partial charge in [0.25, 0.3) is 0 Å². The monoisotopic (exact) mass is 430 g/mol. The quantitative estimate of drug-likeness (QED) is 0.529. The molecule has 5 unspecified atom stereocenters. The van der Waals surface area contributed by atoms with E-state index in [1.54, 1.807) is 18.2 Å². The van der Waals surface area contributed by atoms with Crippen LogP contribution in [0.5, 0.6) is 0 Å². The summed E-state index contributed by atoms with van der Waals surface area (Å²) in [6.07, 6.45) is -1.67. The minimum absolute atomic E-state index is 0.464. The van der Waals surface area contributed by atoms with Crippen LogP contribution in [0.2, 0.25) is 5.02 Å². The lowest BCUT2D eigenvalue weighted by Crippen LogP contribution is -2.55. The van der Waals surface area contributed by atoms with Crippen molar-refractivity contribution in [3.05, 3.63) is 88.5 Å². The minimum Gasteiger partial charge on any atom is -0.394 e. The second-order valence-electron chi connectivity index (χ2n) is 7.56. The highest BCUT2D eigenvalue weighted by atomic mass is 35.5. The molecule has 1 heterocycles. The normalized spacial score (nSPS) is 27.1. The summed E-state index contributed by atoms with van der Waals surface area (Å²) in [7, 11) is 0. The minimum atomic E-state index is -1.42. The molecule has 2 aromatic rings. The molecule has 0 spiro atoms. The predicted molar refractivity (Wildman–Crippen MR) is 117 cm³/mol. The Bertz CT molecular complexity index is 906. The number of aliphatic hydroxyl groups is 4. The Morgan fingerprint density at radius 3 is 2.40 bits per heavy atom. The zero-order chi connectivity index (χ0) is 21.8. The zero-order valence-corrected chi connectivity index (χ0v) is 17.5. The number of aliphatic hydroxyl groups excluding tert-OH is 4. The SMILES string of the molecule is C=CC=C(C)c1ccc(Cc2cc(C3OC(CO)C(O)C(O)C3O)ccc2Cl)cc1. The van der Waals surface area contributed by atoms with Crippen molar-refractivity contribution in [1.29, 1.82) is 0 Å². The van der Waals surface area contributed by atoms with Crippen molar-refractivity contribution < 1.29 is 25.2 Å². The van der Waals surface area contributed by atoms with Crippen LogP contribution < -0.4 is 0 Å². The number of allylic oxidation sites excluding steroid dienone is 3. The first kappa shape index (κ1) is 22.7. The molecule has 160 valence electrons. The summed E-state index contributed by atoms with van der Waals surface area (Å²) >= 11 is 6.40. The topological polar surface area (TPSA) is 90.2 Å². The first-order valence-corrected chi connectivity index (χ1v) is 10.2. The van der Waals surface area contributed by atoms with Gasteiger partial charge in [-0.1, -0.05) is 66.7 Å². The summed E-state index contributed by atoms with van der Waals surface area (Å²) in [6, 6.07) is 13.4. The van der Waals surface area contributed by atoms with Crippen molar-refractivity contribution in [2.24, 2.45) is 0 Å². The average molecular weight is 431 g/mol. The molecular formula is C24H27ClO5. The molecule has 3 rings (SSSR count). The van der Waals surface area contributed by atoms with Crippen molar-refractivity contribution in [1.82, 2.24) is 0 Å². The third-order valence-corrected chi connectivity index (χ3v) is 5.83. The summed E-state index contributed by atoms with van der Waals surface area (Å²) in [5, 5.41) is 40.4. The molecule has 0 amide bonds. The van der Waals surface area contributed by atoms with E-state index >= 15 is 0 Å². The number of halogens is 1. The second-order valence-corrected chi connectivity index (χ2v) is 7.97. The molecule has 30 heavy (non-hydrogen) atoms. The first-order chi connectivity index (χ1) is 14.3. The van der Waals surface area contributed by atoms with Gasteiger partial charge in [-0.2, -0.15) is 0 Å². The van der Waals surface area contributed by atoms with E-state index < -0.39 is 37.1 Å². The summed E-state index contributed by atoms with van der Waals surface area (Å²) < 4.78 is 5.66. The Morgan fingerprint density at radius 1 is 1.07 bits per heavy atom. The Morgan fingerprint density at radius 2 is 1.77 bits per heavy atom. The van der Waals surface area contributed by atoms with Gasteiger partial charge >= 0.3 is 0 Å². The molecule has 0 radical (unpaired) electrons. The molecule has 5 atom stereocenters. The van der Waals surface area contributed by atoms with Crippen LogP contribution in [0.3, 0.4) is 0 Å². The van der Waals surface area contributed by atoms with Gasteiger partial charge in [0, 0.05) is 5.02 Å². The van der Waals surface area contributed by atoms with Gasteiger partial charge in [0.05, 0.1) is 6.61 Å². The van der Waals surface area contributed by atoms with Gasteiger partial charge in [-0.15, -0.1) is 0 Å². The molecule has 0 bridgehead atoms. The van der Waals surface area contributed by atoms with E-state index in [9.17, 15) is 20.4 Å². The summed E-state index contributed by atoms with van der Waals surface area (Å²) in [5.41, 5.74) is 4.77. The van der Waals surface area contributed by atoms with Gasteiger partial charge < -0.3 is 25.2 Å². The van der Waals surface area contributed by atoms with E-state index in [1.807, 2.05) is 43.3 Å². The largest absolute Gasteiger partial charge is 0.394 e. The molecular weight excluding hydrogens is 404 g/mol. The van der Waals surface area contributed by atoms with Crippen molar-refractivity contribution in [3.63, 3.8) is 0 Å². The van der Waals surface area contributed by atoms with E-state index in [0.717, 1.165) is 22.3 Å². The number of ether oxygens (including phenoxy) is 1. The van der Waals surface area contributed by atoms with Crippen LogP contribution in [0.4, 0.5) is 0 Å². The molecule has 1 saturated heterocycles. The van der Waals surface area contributed by atoms with E-state index in [2.05, 4.69) is 6.58 Å². The molecule has 5 nitrogen and oxygen atoms in total. The third-order valence-electron chi connectivity index (χ3n) is 5.46.